The molecule has 1 unspecified atom stereocenters. The van der Waals surface area contributed by atoms with E-state index in [1.165, 1.54) is 38.4 Å². The van der Waals surface area contributed by atoms with Gasteiger partial charge in [-0.1, -0.05) is 18.2 Å². The van der Waals surface area contributed by atoms with Gasteiger partial charge in [0.15, 0.2) is 11.5 Å². The molecule has 198 valence electrons. The normalized spacial score (nSPS) is 16.4. The van der Waals surface area contributed by atoms with Crippen LogP contribution in [-0.4, -0.2) is 61.8 Å². The van der Waals surface area contributed by atoms with Crippen LogP contribution in [0.5, 0.6) is 28.7 Å². The number of aromatic hydroxyl groups is 1. The fourth-order valence-corrected chi connectivity index (χ4v) is 4.54. The number of amides is 1. The van der Waals surface area contributed by atoms with Gasteiger partial charge in [-0.2, -0.15) is 0 Å². The molecule has 0 bridgehead atoms. The van der Waals surface area contributed by atoms with Crippen LogP contribution in [0.25, 0.3) is 5.76 Å². The molecule has 0 radical (unpaired) electrons. The highest BCUT2D eigenvalue weighted by atomic mass is 16.5. The molecule has 0 spiro atoms. The third-order valence-electron chi connectivity index (χ3n) is 6.50. The van der Waals surface area contributed by atoms with Crippen LogP contribution in [0.15, 0.2) is 66.2 Å². The van der Waals surface area contributed by atoms with E-state index in [0.717, 1.165) is 5.56 Å². The average Bonchev–Trinajstić information content (AvgIpc) is 3.20. The number of phenolic OH excluding ortho intramolecular Hbond substituents is 1. The molecule has 3 aromatic rings. The van der Waals surface area contributed by atoms with Gasteiger partial charge in [0.25, 0.3) is 11.7 Å². The molecule has 1 aliphatic heterocycles. The van der Waals surface area contributed by atoms with Gasteiger partial charge in [0.2, 0.25) is 0 Å². The molecule has 2 N–H and O–H groups in total. The summed E-state index contributed by atoms with van der Waals surface area (Å²) in [5.74, 6) is -0.0400. The first kappa shape index (κ1) is 26.4. The number of benzene rings is 3. The molecule has 1 fully saturated rings. The van der Waals surface area contributed by atoms with Crippen molar-refractivity contribution >= 4 is 17.4 Å². The molecule has 1 atom stereocenters. The Hall–Kier alpha value is -4.66. The molecule has 9 nitrogen and oxygen atoms in total. The highest BCUT2D eigenvalue weighted by Gasteiger charge is 2.46. The van der Waals surface area contributed by atoms with E-state index in [9.17, 15) is 19.8 Å². The molecule has 1 amide bonds. The molecule has 1 heterocycles. The van der Waals surface area contributed by atoms with Crippen molar-refractivity contribution in [3.63, 3.8) is 0 Å². The van der Waals surface area contributed by atoms with E-state index in [1.807, 2.05) is 12.1 Å². The lowest BCUT2D eigenvalue weighted by Crippen LogP contribution is -2.31. The summed E-state index contributed by atoms with van der Waals surface area (Å²) in [5.41, 5.74) is 1.55. The molecular weight excluding hydrogens is 490 g/mol. The Morgan fingerprint density at radius 1 is 0.816 bits per heavy atom. The number of ether oxygens (including phenoxy) is 4. The van der Waals surface area contributed by atoms with Gasteiger partial charge < -0.3 is 34.1 Å². The fraction of sp³-hybridized carbons (Fsp3) is 0.241. The number of rotatable bonds is 9. The maximum absolute atomic E-state index is 13.4. The van der Waals surface area contributed by atoms with Crippen LogP contribution >= 0.6 is 0 Å². The minimum absolute atomic E-state index is 0.0329. The van der Waals surface area contributed by atoms with Crippen molar-refractivity contribution in [2.45, 2.75) is 12.5 Å². The topological polar surface area (TPSA) is 115 Å². The number of carbonyl (C=O) groups excluding carboxylic acids is 2. The highest BCUT2D eigenvalue weighted by molar-refractivity contribution is 6.46. The second kappa shape index (κ2) is 11.2. The van der Waals surface area contributed by atoms with Crippen LogP contribution in [0.1, 0.15) is 22.7 Å². The molecule has 1 saturated heterocycles. The summed E-state index contributed by atoms with van der Waals surface area (Å²) in [6.07, 6.45) is 0.407. The minimum atomic E-state index is -0.897. The van der Waals surface area contributed by atoms with Crippen molar-refractivity contribution in [2.24, 2.45) is 0 Å². The van der Waals surface area contributed by atoms with Gasteiger partial charge in [0.05, 0.1) is 45.6 Å². The highest BCUT2D eigenvalue weighted by Crippen LogP contribution is 2.42. The zero-order chi connectivity index (χ0) is 27.4. The summed E-state index contributed by atoms with van der Waals surface area (Å²) < 4.78 is 21.4. The summed E-state index contributed by atoms with van der Waals surface area (Å²) in [7, 11) is 6.01. The van der Waals surface area contributed by atoms with Gasteiger partial charge >= 0.3 is 0 Å². The first-order valence-corrected chi connectivity index (χ1v) is 11.8. The fourth-order valence-electron chi connectivity index (χ4n) is 4.54. The first-order chi connectivity index (χ1) is 18.3. The van der Waals surface area contributed by atoms with Crippen LogP contribution in [0.4, 0.5) is 0 Å². The van der Waals surface area contributed by atoms with Crippen molar-refractivity contribution in [2.75, 3.05) is 35.0 Å². The van der Waals surface area contributed by atoms with Crippen LogP contribution in [0, 0.1) is 0 Å². The number of phenols is 1. The van der Waals surface area contributed by atoms with Gasteiger partial charge in [-0.05, 0) is 60.0 Å². The molecule has 4 rings (SSSR count). The zero-order valence-electron chi connectivity index (χ0n) is 21.6. The Morgan fingerprint density at radius 3 is 2.11 bits per heavy atom. The summed E-state index contributed by atoms with van der Waals surface area (Å²) >= 11 is 0. The van der Waals surface area contributed by atoms with Crippen molar-refractivity contribution in [1.29, 1.82) is 0 Å². The number of hydrogen-bond donors (Lipinski definition) is 2. The molecule has 38 heavy (non-hydrogen) atoms. The van der Waals surface area contributed by atoms with Crippen molar-refractivity contribution in [3.05, 3.63) is 82.9 Å². The number of ketones is 1. The smallest absolute Gasteiger partial charge is 0.295 e. The summed E-state index contributed by atoms with van der Waals surface area (Å²) in [6.45, 7) is 0.178. The van der Waals surface area contributed by atoms with Gasteiger partial charge in [0, 0.05) is 6.54 Å². The van der Waals surface area contributed by atoms with Crippen molar-refractivity contribution in [3.8, 4) is 28.7 Å². The van der Waals surface area contributed by atoms with Gasteiger partial charge in [-0.15, -0.1) is 0 Å². The lowest BCUT2D eigenvalue weighted by molar-refractivity contribution is -0.139. The van der Waals surface area contributed by atoms with Crippen LogP contribution in [-0.2, 0) is 16.0 Å². The number of nitrogens with zero attached hydrogens (tertiary/aromatic N) is 1. The number of Topliss-reactive ketones (excluding diaryl/α,β-unsaturated/α-hetero) is 1. The monoisotopic (exact) mass is 519 g/mol. The maximum atomic E-state index is 13.4. The molecule has 3 aromatic carbocycles. The molecule has 0 aromatic heterocycles. The number of hydrogen-bond acceptors (Lipinski definition) is 8. The Labute approximate surface area is 220 Å². The number of likely N-dealkylation sites (tertiary alicyclic amines) is 1. The average molecular weight is 520 g/mol. The lowest BCUT2D eigenvalue weighted by Gasteiger charge is -2.25. The molecular formula is C29H29NO8. The SMILES string of the molecule is COc1ccc(OC)c(/C(O)=C2\C(=O)C(=O)N(CCc3ccc(OC)c(OC)c3)C2c2ccc(O)cc2)c1. The van der Waals surface area contributed by atoms with E-state index in [4.69, 9.17) is 18.9 Å². The molecule has 0 saturated carbocycles. The Morgan fingerprint density at radius 2 is 1.47 bits per heavy atom. The number of methoxy groups -OCH3 is 4. The second-order valence-corrected chi connectivity index (χ2v) is 8.59. The summed E-state index contributed by atoms with van der Waals surface area (Å²) in [5, 5.41) is 21.3. The van der Waals surface area contributed by atoms with Gasteiger partial charge in [0.1, 0.15) is 23.0 Å². The van der Waals surface area contributed by atoms with Crippen LogP contribution < -0.4 is 18.9 Å². The predicted octanol–water partition coefficient (Wildman–Crippen LogP) is 4.09. The lowest BCUT2D eigenvalue weighted by atomic mass is 9.94. The van der Waals surface area contributed by atoms with E-state index in [1.54, 1.807) is 43.5 Å². The number of aliphatic hydroxyl groups excluding tert-OH is 1. The standard InChI is InChI=1S/C29H29NO8/c1-35-20-10-12-22(36-2)21(16-20)27(32)25-26(18-6-8-19(31)9-7-18)30(29(34)28(25)33)14-13-17-5-11-23(37-3)24(15-17)38-4/h5-12,15-16,26,31-32H,13-14H2,1-4H3/b27-25+. The van der Waals surface area contributed by atoms with E-state index < -0.39 is 17.7 Å². The van der Waals surface area contributed by atoms with Crippen molar-refractivity contribution < 1.29 is 38.7 Å². The van der Waals surface area contributed by atoms with Crippen LogP contribution in [0.2, 0.25) is 0 Å². The summed E-state index contributed by atoms with van der Waals surface area (Å²) in [4.78, 5) is 28.1. The number of carbonyl (C=O) groups is 2. The van der Waals surface area contributed by atoms with E-state index in [-0.39, 0.29) is 29.2 Å². The maximum Gasteiger partial charge on any atom is 0.295 e. The van der Waals surface area contributed by atoms with Crippen LogP contribution in [0.3, 0.4) is 0 Å². The molecule has 1 aliphatic rings. The Kier molecular flexibility index (Phi) is 7.76. The quantitative estimate of drug-likeness (QED) is 0.247. The van der Waals surface area contributed by atoms with E-state index in [2.05, 4.69) is 0 Å². The largest absolute Gasteiger partial charge is 0.508 e. The van der Waals surface area contributed by atoms with E-state index >= 15 is 0 Å². The summed E-state index contributed by atoms with van der Waals surface area (Å²) in [6, 6.07) is 15.5. The van der Waals surface area contributed by atoms with Gasteiger partial charge in [-0.3, -0.25) is 9.59 Å². The zero-order valence-corrected chi connectivity index (χ0v) is 21.6. The second-order valence-electron chi connectivity index (χ2n) is 8.59. The minimum Gasteiger partial charge on any atom is -0.508 e. The third-order valence-corrected chi connectivity index (χ3v) is 6.50. The number of aliphatic hydroxyl groups is 1. The van der Waals surface area contributed by atoms with E-state index in [0.29, 0.717) is 35.0 Å². The van der Waals surface area contributed by atoms with Crippen molar-refractivity contribution in [1.82, 2.24) is 4.90 Å². The predicted molar refractivity (Wildman–Crippen MR) is 140 cm³/mol. The Bertz CT molecular complexity index is 1380. The third kappa shape index (κ3) is 4.95. The first-order valence-electron chi connectivity index (χ1n) is 11.8. The van der Waals surface area contributed by atoms with Gasteiger partial charge in [-0.25, -0.2) is 0 Å². The molecule has 0 aliphatic carbocycles. The Balaban J connectivity index is 1.79. The molecule has 9 heteroatoms.